The molecule has 0 spiro atoms. The summed E-state index contributed by atoms with van der Waals surface area (Å²) >= 11 is 0. The number of rotatable bonds is 5. The Balaban J connectivity index is 3.15. The van der Waals surface area contributed by atoms with Crippen LogP contribution in [-0.4, -0.2) is 28.2 Å². The van der Waals surface area contributed by atoms with Crippen LogP contribution < -0.4 is 10.5 Å². The van der Waals surface area contributed by atoms with Crippen molar-refractivity contribution in [2.45, 2.75) is 31.7 Å². The van der Waals surface area contributed by atoms with Crippen molar-refractivity contribution >= 4 is 15.7 Å². The first kappa shape index (κ1) is 14.9. The molecule has 0 heterocycles. The van der Waals surface area contributed by atoms with E-state index in [1.165, 1.54) is 0 Å². The Kier molecular flexibility index (Phi) is 4.72. The summed E-state index contributed by atoms with van der Waals surface area (Å²) in [6.07, 6.45) is 0. The minimum atomic E-state index is -3.68. The molecule has 0 saturated heterocycles. The quantitative estimate of drug-likeness (QED) is 0.849. The maximum atomic E-state index is 11.4. The van der Waals surface area contributed by atoms with Gasteiger partial charge in [-0.1, -0.05) is 0 Å². The summed E-state index contributed by atoms with van der Waals surface area (Å²) < 4.78 is 27.8. The molecule has 0 amide bonds. The van der Waals surface area contributed by atoms with Crippen LogP contribution in [-0.2, 0) is 14.8 Å². The van der Waals surface area contributed by atoms with Crippen molar-refractivity contribution in [1.29, 1.82) is 0 Å². The number of hydrogen-bond acceptors (Lipinski definition) is 4. The van der Waals surface area contributed by atoms with E-state index in [1.54, 1.807) is 19.2 Å². The van der Waals surface area contributed by atoms with Gasteiger partial charge in [0.2, 0.25) is 10.0 Å². The zero-order valence-corrected chi connectivity index (χ0v) is 12.0. The van der Waals surface area contributed by atoms with E-state index < -0.39 is 10.0 Å². The molecule has 1 atom stereocenters. The van der Waals surface area contributed by atoms with Crippen molar-refractivity contribution < 1.29 is 13.2 Å². The molecule has 6 heteroatoms. The molecule has 1 rings (SSSR count). The fourth-order valence-corrected chi connectivity index (χ4v) is 2.32. The van der Waals surface area contributed by atoms with E-state index in [0.717, 1.165) is 16.8 Å². The number of nitrogens with one attached hydrogen (secondary N) is 1. The average Bonchev–Trinajstić information content (AvgIpc) is 2.23. The smallest absolute Gasteiger partial charge is 0.238 e. The van der Waals surface area contributed by atoms with Crippen LogP contribution in [0.3, 0.4) is 0 Å². The highest BCUT2D eigenvalue weighted by Crippen LogP contribution is 2.24. The van der Waals surface area contributed by atoms with E-state index in [2.05, 4.69) is 5.32 Å². The maximum Gasteiger partial charge on any atom is 0.238 e. The first-order chi connectivity index (χ1) is 8.25. The van der Waals surface area contributed by atoms with Crippen LogP contribution in [0, 0.1) is 13.8 Å². The average molecular weight is 272 g/mol. The van der Waals surface area contributed by atoms with Crippen molar-refractivity contribution in [3.63, 3.8) is 0 Å². The second-order valence-corrected chi connectivity index (χ2v) is 6.02. The van der Waals surface area contributed by atoms with Crippen molar-refractivity contribution in [2.24, 2.45) is 5.14 Å². The van der Waals surface area contributed by atoms with Gasteiger partial charge in [0.1, 0.15) is 0 Å². The zero-order chi connectivity index (χ0) is 13.9. The second kappa shape index (κ2) is 5.69. The second-order valence-electron chi connectivity index (χ2n) is 4.46. The van der Waals surface area contributed by atoms with Gasteiger partial charge < -0.3 is 10.1 Å². The predicted octanol–water partition coefficient (Wildman–Crippen LogP) is 1.40. The third kappa shape index (κ3) is 3.69. The molecule has 0 saturated carbocycles. The van der Waals surface area contributed by atoms with Crippen molar-refractivity contribution in [3.8, 4) is 0 Å². The Morgan fingerprint density at radius 3 is 2.50 bits per heavy atom. The molecule has 5 nitrogen and oxygen atoms in total. The van der Waals surface area contributed by atoms with Gasteiger partial charge in [0, 0.05) is 18.8 Å². The van der Waals surface area contributed by atoms with Crippen LogP contribution in [0.1, 0.15) is 18.1 Å². The number of aryl methyl sites for hydroxylation is 1. The minimum Gasteiger partial charge on any atom is -0.383 e. The number of anilines is 1. The molecule has 0 aliphatic heterocycles. The van der Waals surface area contributed by atoms with Crippen LogP contribution in [0.15, 0.2) is 17.0 Å². The number of hydrogen-bond donors (Lipinski definition) is 2. The fraction of sp³-hybridized carbons (Fsp3) is 0.500. The van der Waals surface area contributed by atoms with E-state index in [-0.39, 0.29) is 10.9 Å². The predicted molar refractivity (Wildman–Crippen MR) is 72.2 cm³/mol. The highest BCUT2D eigenvalue weighted by Gasteiger charge is 2.13. The van der Waals surface area contributed by atoms with E-state index in [1.807, 2.05) is 20.8 Å². The molecule has 0 bridgehead atoms. The third-order valence-electron chi connectivity index (χ3n) is 2.79. The van der Waals surface area contributed by atoms with Gasteiger partial charge in [0.05, 0.1) is 11.5 Å². The molecule has 0 aromatic heterocycles. The number of benzene rings is 1. The van der Waals surface area contributed by atoms with Gasteiger partial charge in [0.25, 0.3) is 0 Å². The molecule has 3 N–H and O–H groups in total. The molecule has 102 valence electrons. The normalized spacial score (nSPS) is 13.4. The van der Waals surface area contributed by atoms with E-state index in [4.69, 9.17) is 9.88 Å². The molecule has 1 unspecified atom stereocenters. The number of nitrogens with two attached hydrogens (primary N) is 1. The largest absolute Gasteiger partial charge is 0.383 e. The zero-order valence-electron chi connectivity index (χ0n) is 11.1. The highest BCUT2D eigenvalue weighted by molar-refractivity contribution is 7.89. The summed E-state index contributed by atoms with van der Waals surface area (Å²) in [5, 5.41) is 8.37. The monoisotopic (exact) mass is 272 g/mol. The van der Waals surface area contributed by atoms with Crippen molar-refractivity contribution in [1.82, 2.24) is 0 Å². The molecular formula is C12H20N2O3S. The van der Waals surface area contributed by atoms with Crippen LogP contribution in [0.4, 0.5) is 5.69 Å². The summed E-state index contributed by atoms with van der Waals surface area (Å²) in [6, 6.07) is 3.23. The lowest BCUT2D eigenvalue weighted by Gasteiger charge is -2.18. The Morgan fingerprint density at radius 2 is 2.00 bits per heavy atom. The molecular weight excluding hydrogens is 252 g/mol. The molecule has 1 aromatic rings. The summed E-state index contributed by atoms with van der Waals surface area (Å²) in [4.78, 5) is 0.123. The lowest BCUT2D eigenvalue weighted by atomic mass is 10.1. The lowest BCUT2D eigenvalue weighted by Crippen LogP contribution is -2.22. The van der Waals surface area contributed by atoms with Crippen LogP contribution in [0.2, 0.25) is 0 Å². The standard InChI is InChI=1S/C12H20N2O3S/c1-8-5-11(18(13,15)16)6-12(10(8)3)14-9(2)7-17-4/h5-6,9,14H,7H2,1-4H3,(H2,13,15,16). The molecule has 0 radical (unpaired) electrons. The lowest BCUT2D eigenvalue weighted by molar-refractivity contribution is 0.190. The van der Waals surface area contributed by atoms with E-state index >= 15 is 0 Å². The van der Waals surface area contributed by atoms with Gasteiger partial charge in [-0.3, -0.25) is 0 Å². The van der Waals surface area contributed by atoms with Crippen LogP contribution in [0.5, 0.6) is 0 Å². The van der Waals surface area contributed by atoms with Crippen molar-refractivity contribution in [3.05, 3.63) is 23.3 Å². The molecule has 0 fully saturated rings. The van der Waals surface area contributed by atoms with E-state index in [9.17, 15) is 8.42 Å². The fourth-order valence-electron chi connectivity index (χ4n) is 1.70. The number of methoxy groups -OCH3 is 1. The van der Waals surface area contributed by atoms with Gasteiger partial charge in [-0.25, -0.2) is 13.6 Å². The number of ether oxygens (including phenoxy) is 1. The summed E-state index contributed by atoms with van der Waals surface area (Å²) in [5.41, 5.74) is 2.66. The van der Waals surface area contributed by atoms with Gasteiger partial charge >= 0.3 is 0 Å². The SMILES string of the molecule is COCC(C)Nc1cc(S(N)(=O)=O)cc(C)c1C. The summed E-state index contributed by atoms with van der Waals surface area (Å²) in [5.74, 6) is 0. The number of primary sulfonamides is 1. The van der Waals surface area contributed by atoms with Gasteiger partial charge in [-0.05, 0) is 44.0 Å². The Hall–Kier alpha value is -1.11. The van der Waals surface area contributed by atoms with Gasteiger partial charge in [-0.15, -0.1) is 0 Å². The first-order valence-corrected chi connectivity index (χ1v) is 7.20. The molecule has 0 aliphatic rings. The van der Waals surface area contributed by atoms with Crippen LogP contribution in [0.25, 0.3) is 0 Å². The van der Waals surface area contributed by atoms with Crippen molar-refractivity contribution in [2.75, 3.05) is 19.0 Å². The number of sulfonamides is 1. The maximum absolute atomic E-state index is 11.4. The highest BCUT2D eigenvalue weighted by atomic mass is 32.2. The Morgan fingerprint density at radius 1 is 1.39 bits per heavy atom. The van der Waals surface area contributed by atoms with E-state index in [0.29, 0.717) is 6.61 Å². The first-order valence-electron chi connectivity index (χ1n) is 5.65. The topological polar surface area (TPSA) is 81.4 Å². The summed E-state index contributed by atoms with van der Waals surface area (Å²) in [7, 11) is -2.06. The summed E-state index contributed by atoms with van der Waals surface area (Å²) in [6.45, 7) is 6.29. The Labute approximate surface area is 108 Å². The van der Waals surface area contributed by atoms with Crippen LogP contribution >= 0.6 is 0 Å². The van der Waals surface area contributed by atoms with Gasteiger partial charge in [-0.2, -0.15) is 0 Å². The van der Waals surface area contributed by atoms with Gasteiger partial charge in [0.15, 0.2) is 0 Å². The molecule has 0 aliphatic carbocycles. The molecule has 18 heavy (non-hydrogen) atoms. The Bertz CT molecular complexity index is 526. The minimum absolute atomic E-state index is 0.0869. The molecule has 1 aromatic carbocycles. The third-order valence-corrected chi connectivity index (χ3v) is 3.68.